The number of hydrogen-bond donors (Lipinski definition) is 2. The molecule has 2 atom stereocenters. The molecule has 0 aliphatic carbocycles. The molecule has 0 aliphatic rings. The predicted octanol–water partition coefficient (Wildman–Crippen LogP) is 6.31. The van der Waals surface area contributed by atoms with E-state index in [1.54, 1.807) is 12.1 Å². The third kappa shape index (κ3) is 12.8. The summed E-state index contributed by atoms with van der Waals surface area (Å²) in [5.41, 5.74) is 2.42. The maximum absolute atomic E-state index is 11.9. The van der Waals surface area contributed by atoms with Crippen LogP contribution in [0.2, 0.25) is 0 Å². The van der Waals surface area contributed by atoms with Gasteiger partial charge < -0.3 is 15.0 Å². The zero-order valence-electron chi connectivity index (χ0n) is 22.3. The van der Waals surface area contributed by atoms with Crippen molar-refractivity contribution >= 4 is 12.5 Å². The number of aryl methyl sites for hydroxylation is 1. The summed E-state index contributed by atoms with van der Waals surface area (Å²) in [6, 6.07) is 29.4. The number of hydrogen-bond acceptors (Lipinski definition) is 4. The van der Waals surface area contributed by atoms with Crippen molar-refractivity contribution in [3.05, 3.63) is 102 Å². The van der Waals surface area contributed by atoms with Crippen LogP contribution in [0.25, 0.3) is 0 Å². The number of benzene rings is 3. The van der Waals surface area contributed by atoms with Gasteiger partial charge in [0.15, 0.2) is 0 Å². The first-order valence-electron chi connectivity index (χ1n) is 13.0. The first-order valence-corrected chi connectivity index (χ1v) is 13.0. The Morgan fingerprint density at radius 1 is 0.919 bits per heavy atom. The summed E-state index contributed by atoms with van der Waals surface area (Å²) in [4.78, 5) is 25.5. The normalized spacial score (nSPS) is 11.9. The first kappa shape index (κ1) is 29.6. The molecule has 1 unspecified atom stereocenters. The van der Waals surface area contributed by atoms with E-state index < -0.39 is 6.09 Å². The van der Waals surface area contributed by atoms with E-state index in [1.165, 1.54) is 5.56 Å². The Kier molecular flexibility index (Phi) is 14.2. The van der Waals surface area contributed by atoms with Gasteiger partial charge in [0.1, 0.15) is 5.75 Å². The number of amides is 2. The van der Waals surface area contributed by atoms with Crippen molar-refractivity contribution < 1.29 is 14.3 Å². The Morgan fingerprint density at radius 3 is 2.05 bits per heavy atom. The molecule has 37 heavy (non-hydrogen) atoms. The smallest absolute Gasteiger partial charge is 0.410 e. The molecule has 0 radical (unpaired) electrons. The van der Waals surface area contributed by atoms with Gasteiger partial charge in [-0.05, 0) is 44.4 Å². The maximum atomic E-state index is 11.9. The lowest BCUT2D eigenvalue weighted by Crippen LogP contribution is -2.49. The monoisotopic (exact) mass is 503 g/mol. The van der Waals surface area contributed by atoms with Gasteiger partial charge in [0.05, 0.1) is 6.17 Å². The van der Waals surface area contributed by atoms with Crippen LogP contribution >= 0.6 is 0 Å². The SMILES string of the molecule is CCCCC(N[C@H](C)CCNC(=O)Oc1ccccc1)N(C=O)Cc1ccccc1.Cc1ccccc1. The second kappa shape index (κ2) is 17.7. The highest BCUT2D eigenvalue weighted by atomic mass is 16.6. The fraction of sp³-hybridized carbons (Fsp3) is 0.355. The fourth-order valence-electron chi connectivity index (χ4n) is 3.73. The van der Waals surface area contributed by atoms with Crippen molar-refractivity contribution in [1.82, 2.24) is 15.5 Å². The van der Waals surface area contributed by atoms with Crippen LogP contribution in [0.3, 0.4) is 0 Å². The van der Waals surface area contributed by atoms with Gasteiger partial charge in [-0.2, -0.15) is 0 Å². The van der Waals surface area contributed by atoms with E-state index in [9.17, 15) is 9.59 Å². The number of rotatable bonds is 13. The minimum absolute atomic E-state index is 0.0473. The van der Waals surface area contributed by atoms with E-state index in [1.807, 2.05) is 71.6 Å². The summed E-state index contributed by atoms with van der Waals surface area (Å²) in [5.74, 6) is 0.517. The lowest BCUT2D eigenvalue weighted by molar-refractivity contribution is -0.121. The standard InChI is InChI=1S/C24H33N3O3.C7H8/c1-3-4-15-23(27(19-28)18-21-11-7-5-8-12-21)26-20(2)16-17-25-24(29)30-22-13-9-6-10-14-22;1-7-5-3-2-4-6-7/h5-14,19-20,23,26H,3-4,15-18H2,1-2H3,(H,25,29);2-6H,1H3/t20-,23?;/m1./s1. The average Bonchev–Trinajstić information content (AvgIpc) is 2.91. The second-order valence-electron chi connectivity index (χ2n) is 9.06. The van der Waals surface area contributed by atoms with E-state index in [-0.39, 0.29) is 12.2 Å². The quantitative estimate of drug-likeness (QED) is 0.212. The lowest BCUT2D eigenvalue weighted by Gasteiger charge is -2.32. The van der Waals surface area contributed by atoms with E-state index in [0.717, 1.165) is 37.7 Å². The van der Waals surface area contributed by atoms with Crippen LogP contribution in [-0.4, -0.2) is 36.2 Å². The summed E-state index contributed by atoms with van der Waals surface area (Å²) < 4.78 is 5.23. The predicted molar refractivity (Wildman–Crippen MR) is 150 cm³/mol. The van der Waals surface area contributed by atoms with Gasteiger partial charge in [0.2, 0.25) is 6.41 Å². The van der Waals surface area contributed by atoms with Crippen LogP contribution in [0.1, 0.15) is 50.7 Å². The van der Waals surface area contributed by atoms with Crippen LogP contribution < -0.4 is 15.4 Å². The highest BCUT2D eigenvalue weighted by molar-refractivity contribution is 5.70. The summed E-state index contributed by atoms with van der Waals surface area (Å²) in [6.45, 7) is 7.35. The molecule has 0 aromatic heterocycles. The number of unbranched alkanes of at least 4 members (excludes halogenated alkanes) is 1. The largest absolute Gasteiger partial charge is 0.412 e. The van der Waals surface area contributed by atoms with Crippen LogP contribution in [0, 0.1) is 6.92 Å². The molecule has 0 saturated heterocycles. The molecule has 6 nitrogen and oxygen atoms in total. The Bertz CT molecular complexity index is 1000. The molecule has 0 fully saturated rings. The Balaban J connectivity index is 0.000000591. The van der Waals surface area contributed by atoms with E-state index >= 15 is 0 Å². The second-order valence-corrected chi connectivity index (χ2v) is 9.06. The third-order valence-corrected chi connectivity index (χ3v) is 5.79. The first-order chi connectivity index (χ1) is 18.0. The lowest BCUT2D eigenvalue weighted by atomic mass is 10.1. The van der Waals surface area contributed by atoms with E-state index in [4.69, 9.17) is 4.74 Å². The third-order valence-electron chi connectivity index (χ3n) is 5.79. The molecule has 3 aromatic rings. The molecule has 3 rings (SSSR count). The van der Waals surface area contributed by atoms with Crippen LogP contribution in [0.4, 0.5) is 4.79 Å². The van der Waals surface area contributed by atoms with Gasteiger partial charge in [-0.25, -0.2) is 4.79 Å². The van der Waals surface area contributed by atoms with Crippen molar-refractivity contribution in [1.29, 1.82) is 0 Å². The number of carbonyl (C=O) groups is 2. The highest BCUT2D eigenvalue weighted by Crippen LogP contribution is 2.12. The summed E-state index contributed by atoms with van der Waals surface area (Å²) in [7, 11) is 0. The average molecular weight is 504 g/mol. The maximum Gasteiger partial charge on any atom is 0.412 e. The molecule has 2 N–H and O–H groups in total. The fourth-order valence-corrected chi connectivity index (χ4v) is 3.73. The number of carbonyl (C=O) groups excluding carboxylic acids is 2. The molecule has 6 heteroatoms. The van der Waals surface area contributed by atoms with Crippen molar-refractivity contribution in [2.24, 2.45) is 0 Å². The van der Waals surface area contributed by atoms with Gasteiger partial charge in [-0.3, -0.25) is 10.1 Å². The molecule has 0 aliphatic heterocycles. The summed E-state index contributed by atoms with van der Waals surface area (Å²) in [5, 5.41) is 6.33. The topological polar surface area (TPSA) is 70.7 Å². The van der Waals surface area contributed by atoms with Crippen molar-refractivity contribution in [2.45, 2.75) is 65.2 Å². The zero-order valence-corrected chi connectivity index (χ0v) is 22.3. The molecule has 0 bridgehead atoms. The molecule has 2 amide bonds. The van der Waals surface area contributed by atoms with Gasteiger partial charge in [-0.1, -0.05) is 104 Å². The van der Waals surface area contributed by atoms with Crippen molar-refractivity contribution in [2.75, 3.05) is 6.54 Å². The summed E-state index contributed by atoms with van der Waals surface area (Å²) in [6.07, 6.45) is 4.12. The van der Waals surface area contributed by atoms with Crippen molar-refractivity contribution in [3.63, 3.8) is 0 Å². The number of ether oxygens (including phenoxy) is 1. The zero-order chi connectivity index (χ0) is 26.7. The Hall–Kier alpha value is -3.64. The van der Waals surface area contributed by atoms with Gasteiger partial charge in [0, 0.05) is 19.1 Å². The molecular formula is C31H41N3O3. The molecule has 198 valence electrons. The minimum atomic E-state index is -0.463. The molecule has 0 heterocycles. The van der Waals surface area contributed by atoms with Gasteiger partial charge in [-0.15, -0.1) is 0 Å². The van der Waals surface area contributed by atoms with E-state index in [0.29, 0.717) is 18.8 Å². The summed E-state index contributed by atoms with van der Waals surface area (Å²) >= 11 is 0. The minimum Gasteiger partial charge on any atom is -0.410 e. The highest BCUT2D eigenvalue weighted by Gasteiger charge is 2.19. The number of para-hydroxylation sites is 1. The number of nitrogens with zero attached hydrogens (tertiary/aromatic N) is 1. The van der Waals surface area contributed by atoms with E-state index in [2.05, 4.69) is 43.5 Å². The van der Waals surface area contributed by atoms with Gasteiger partial charge >= 0.3 is 6.09 Å². The Morgan fingerprint density at radius 2 is 1.51 bits per heavy atom. The van der Waals surface area contributed by atoms with Crippen LogP contribution in [0.5, 0.6) is 5.75 Å². The molecule has 3 aromatic carbocycles. The molecule has 0 saturated carbocycles. The molecular weight excluding hydrogens is 462 g/mol. The van der Waals surface area contributed by atoms with Crippen LogP contribution in [0.15, 0.2) is 91.0 Å². The number of nitrogens with one attached hydrogen (secondary N) is 2. The Labute approximate surface area is 222 Å². The molecule has 0 spiro atoms. The van der Waals surface area contributed by atoms with Crippen molar-refractivity contribution in [3.8, 4) is 5.75 Å². The van der Waals surface area contributed by atoms with Gasteiger partial charge in [0.25, 0.3) is 0 Å². The van der Waals surface area contributed by atoms with Crippen LogP contribution in [-0.2, 0) is 11.3 Å².